The SMILES string of the molecule is COc1cc(CN(CC2CCC(C(=O)O)CC2)[C@H]2CCc3cc(Cl)c(Cl)cc32)ccc1OCCn1c(O)ccc1O. The monoisotopic (exact) mass is 602 g/mol. The lowest BCUT2D eigenvalue weighted by molar-refractivity contribution is -0.143. The lowest BCUT2D eigenvalue weighted by Gasteiger charge is -2.35. The van der Waals surface area contributed by atoms with E-state index in [-0.39, 0.29) is 36.9 Å². The van der Waals surface area contributed by atoms with E-state index < -0.39 is 5.97 Å². The van der Waals surface area contributed by atoms with Crippen molar-refractivity contribution in [1.82, 2.24) is 9.47 Å². The van der Waals surface area contributed by atoms with E-state index >= 15 is 0 Å². The molecule has 1 aromatic heterocycles. The molecule has 0 bridgehead atoms. The summed E-state index contributed by atoms with van der Waals surface area (Å²) in [5.74, 6) is 0.621. The molecule has 10 heteroatoms. The number of carboxylic acids is 1. The minimum atomic E-state index is -0.687. The number of hydrogen-bond donors (Lipinski definition) is 3. The normalized spacial score (nSPS) is 20.2. The predicted molar refractivity (Wildman–Crippen MR) is 157 cm³/mol. The van der Waals surface area contributed by atoms with Crippen molar-refractivity contribution in [1.29, 1.82) is 0 Å². The summed E-state index contributed by atoms with van der Waals surface area (Å²) in [6.45, 7) is 2.06. The van der Waals surface area contributed by atoms with Gasteiger partial charge in [0.2, 0.25) is 0 Å². The molecular weight excluding hydrogens is 567 g/mol. The Bertz CT molecular complexity index is 1370. The zero-order valence-electron chi connectivity index (χ0n) is 23.1. The summed E-state index contributed by atoms with van der Waals surface area (Å²) in [5.41, 5.74) is 3.51. The van der Waals surface area contributed by atoms with Crippen LogP contribution in [0.25, 0.3) is 0 Å². The number of ether oxygens (including phenoxy) is 2. The summed E-state index contributed by atoms with van der Waals surface area (Å²) < 4.78 is 13.0. The van der Waals surface area contributed by atoms with Gasteiger partial charge in [-0.25, -0.2) is 0 Å². The molecule has 1 heterocycles. The quantitative estimate of drug-likeness (QED) is 0.225. The van der Waals surface area contributed by atoms with Crippen LogP contribution in [0, 0.1) is 11.8 Å². The van der Waals surface area contributed by atoms with Crippen LogP contribution in [-0.4, -0.2) is 51.0 Å². The molecule has 1 fully saturated rings. The van der Waals surface area contributed by atoms with Gasteiger partial charge >= 0.3 is 5.97 Å². The second-order valence-corrected chi connectivity index (χ2v) is 11.9. The molecule has 0 spiro atoms. The van der Waals surface area contributed by atoms with Crippen molar-refractivity contribution in [3.8, 4) is 23.3 Å². The molecule has 1 saturated carbocycles. The first-order chi connectivity index (χ1) is 19.7. The molecule has 0 unspecified atom stereocenters. The van der Waals surface area contributed by atoms with Crippen molar-refractivity contribution in [2.45, 2.75) is 57.7 Å². The largest absolute Gasteiger partial charge is 0.494 e. The van der Waals surface area contributed by atoms with Crippen molar-refractivity contribution in [2.24, 2.45) is 11.8 Å². The molecule has 41 heavy (non-hydrogen) atoms. The number of carbonyl (C=O) groups is 1. The number of aliphatic carboxylic acids is 1. The molecule has 8 nitrogen and oxygen atoms in total. The fourth-order valence-electron chi connectivity index (χ4n) is 6.27. The summed E-state index contributed by atoms with van der Waals surface area (Å²) in [7, 11) is 1.60. The van der Waals surface area contributed by atoms with Gasteiger partial charge in [-0.05, 0) is 85.4 Å². The zero-order chi connectivity index (χ0) is 29.1. The van der Waals surface area contributed by atoms with Crippen molar-refractivity contribution in [3.05, 3.63) is 69.2 Å². The van der Waals surface area contributed by atoms with Gasteiger partial charge in [-0.15, -0.1) is 0 Å². The molecule has 2 aliphatic carbocycles. The zero-order valence-corrected chi connectivity index (χ0v) is 24.6. The number of aromatic hydroxyl groups is 2. The van der Waals surface area contributed by atoms with E-state index in [1.54, 1.807) is 7.11 Å². The second-order valence-electron chi connectivity index (χ2n) is 11.0. The number of benzene rings is 2. The minimum absolute atomic E-state index is 0.0259. The maximum Gasteiger partial charge on any atom is 0.306 e. The highest BCUT2D eigenvalue weighted by Gasteiger charge is 2.33. The number of rotatable bonds is 11. The number of methoxy groups -OCH3 is 1. The predicted octanol–water partition coefficient (Wildman–Crippen LogP) is 6.67. The van der Waals surface area contributed by atoms with Crippen LogP contribution in [-0.2, 0) is 24.3 Å². The fraction of sp³-hybridized carbons (Fsp3) is 0.452. The Morgan fingerprint density at radius 2 is 1.68 bits per heavy atom. The number of nitrogens with zero attached hydrogens (tertiary/aromatic N) is 2. The van der Waals surface area contributed by atoms with Crippen LogP contribution in [0.3, 0.4) is 0 Å². The van der Waals surface area contributed by atoms with Crippen molar-refractivity contribution < 1.29 is 29.6 Å². The van der Waals surface area contributed by atoms with E-state index in [0.717, 1.165) is 50.6 Å². The number of hydrogen-bond acceptors (Lipinski definition) is 6. The molecule has 0 aliphatic heterocycles. The van der Waals surface area contributed by atoms with E-state index in [1.807, 2.05) is 30.3 Å². The Hall–Kier alpha value is -3.07. The van der Waals surface area contributed by atoms with E-state index in [1.165, 1.54) is 27.8 Å². The standard InChI is InChI=1S/C31H36Cl2N2O6/c1-40-28-14-20(4-9-27(28)41-13-12-35-29(36)10-11-30(35)37)18-34(17-19-2-5-21(6-3-19)31(38)39)26-8-7-22-15-24(32)25(33)16-23(22)26/h4,9-11,14-16,19,21,26,36-37H,2-3,5-8,12-13,17-18H2,1H3,(H,38,39)/t19?,21?,26-/m0/s1. The first kappa shape index (κ1) is 29.4. The first-order valence-corrected chi connectivity index (χ1v) is 14.8. The maximum absolute atomic E-state index is 11.5. The molecule has 0 saturated heterocycles. The lowest BCUT2D eigenvalue weighted by atomic mass is 9.81. The molecular formula is C31H36Cl2N2O6. The topological polar surface area (TPSA) is 104 Å². The molecule has 2 aromatic carbocycles. The summed E-state index contributed by atoms with van der Waals surface area (Å²) >= 11 is 12.8. The molecule has 5 rings (SSSR count). The molecule has 0 radical (unpaired) electrons. The average Bonchev–Trinajstić information content (AvgIpc) is 3.51. The Labute approximate surface area is 250 Å². The lowest BCUT2D eigenvalue weighted by Crippen LogP contribution is -2.34. The average molecular weight is 604 g/mol. The van der Waals surface area contributed by atoms with Crippen molar-refractivity contribution in [3.63, 3.8) is 0 Å². The number of carboxylic acid groups (broad SMARTS) is 1. The van der Waals surface area contributed by atoms with Gasteiger partial charge in [0.1, 0.15) is 6.61 Å². The van der Waals surface area contributed by atoms with E-state index in [2.05, 4.69) is 4.90 Å². The van der Waals surface area contributed by atoms with Gasteiger partial charge in [-0.1, -0.05) is 29.3 Å². The van der Waals surface area contributed by atoms with Crippen LogP contribution in [0.2, 0.25) is 10.0 Å². The minimum Gasteiger partial charge on any atom is -0.494 e. The van der Waals surface area contributed by atoms with Crippen molar-refractivity contribution >= 4 is 29.2 Å². The second kappa shape index (κ2) is 12.8. The molecule has 0 amide bonds. The Kier molecular flexibility index (Phi) is 9.22. The van der Waals surface area contributed by atoms with Crippen LogP contribution in [0.4, 0.5) is 0 Å². The summed E-state index contributed by atoms with van der Waals surface area (Å²) in [6, 6.07) is 12.9. The first-order valence-electron chi connectivity index (χ1n) is 14.0. The number of fused-ring (bicyclic) bond motifs is 1. The van der Waals surface area contributed by atoms with Crippen LogP contribution < -0.4 is 9.47 Å². The summed E-state index contributed by atoms with van der Waals surface area (Å²) in [5, 5.41) is 30.3. The smallest absolute Gasteiger partial charge is 0.306 e. The molecule has 3 aromatic rings. The van der Waals surface area contributed by atoms with Crippen LogP contribution >= 0.6 is 23.2 Å². The number of aryl methyl sites for hydroxylation is 1. The third kappa shape index (κ3) is 6.71. The van der Waals surface area contributed by atoms with Gasteiger partial charge in [0.15, 0.2) is 23.3 Å². The van der Waals surface area contributed by atoms with Gasteiger partial charge in [0, 0.05) is 31.3 Å². The summed E-state index contributed by atoms with van der Waals surface area (Å²) in [6.07, 6.45) is 5.13. The highest BCUT2D eigenvalue weighted by atomic mass is 35.5. The Morgan fingerprint density at radius 3 is 2.37 bits per heavy atom. The Morgan fingerprint density at radius 1 is 0.976 bits per heavy atom. The van der Waals surface area contributed by atoms with E-state index in [9.17, 15) is 20.1 Å². The van der Waals surface area contributed by atoms with Crippen LogP contribution in [0.5, 0.6) is 23.3 Å². The van der Waals surface area contributed by atoms with Crippen molar-refractivity contribution in [2.75, 3.05) is 20.3 Å². The number of halogens is 2. The van der Waals surface area contributed by atoms with Crippen LogP contribution in [0.15, 0.2) is 42.5 Å². The van der Waals surface area contributed by atoms with Gasteiger partial charge in [-0.2, -0.15) is 0 Å². The molecule has 3 N–H and O–H groups in total. The third-order valence-corrected chi connectivity index (χ3v) is 9.20. The maximum atomic E-state index is 11.5. The molecule has 220 valence electrons. The van der Waals surface area contributed by atoms with E-state index in [4.69, 9.17) is 32.7 Å². The molecule has 1 atom stereocenters. The Balaban J connectivity index is 1.32. The number of aromatic nitrogens is 1. The van der Waals surface area contributed by atoms with Gasteiger partial charge in [-0.3, -0.25) is 14.3 Å². The highest BCUT2D eigenvalue weighted by Crippen LogP contribution is 2.42. The van der Waals surface area contributed by atoms with Gasteiger partial charge in [0.05, 0.1) is 29.6 Å². The highest BCUT2D eigenvalue weighted by molar-refractivity contribution is 6.42. The summed E-state index contributed by atoms with van der Waals surface area (Å²) in [4.78, 5) is 14.0. The molecule has 2 aliphatic rings. The van der Waals surface area contributed by atoms with E-state index in [0.29, 0.717) is 34.0 Å². The third-order valence-electron chi connectivity index (χ3n) is 8.48. The van der Waals surface area contributed by atoms with Crippen LogP contribution in [0.1, 0.15) is 54.8 Å². The van der Waals surface area contributed by atoms with Gasteiger partial charge in [0.25, 0.3) is 0 Å². The van der Waals surface area contributed by atoms with Gasteiger partial charge < -0.3 is 24.8 Å². The fourth-order valence-corrected chi connectivity index (χ4v) is 6.63.